The highest BCUT2D eigenvalue weighted by Crippen LogP contribution is 2.37. The zero-order valence-corrected chi connectivity index (χ0v) is 33.5. The van der Waals surface area contributed by atoms with Crippen LogP contribution in [-0.2, 0) is 23.1 Å². The molecule has 0 saturated carbocycles. The van der Waals surface area contributed by atoms with E-state index < -0.39 is 20.5 Å². The monoisotopic (exact) mass is 729 g/mol. The molecule has 0 aromatic carbocycles. The highest BCUT2D eigenvalue weighted by Gasteiger charge is 2.13. The van der Waals surface area contributed by atoms with Crippen LogP contribution in [0, 0.1) is 0 Å². The summed E-state index contributed by atoms with van der Waals surface area (Å²) in [5.41, 5.74) is 0. The molecule has 0 spiro atoms. The molecule has 2 N–H and O–H groups in total. The van der Waals surface area contributed by atoms with Gasteiger partial charge in [-0.15, -0.1) is 0 Å². The molecule has 0 aromatic heterocycles. The first-order valence-electron chi connectivity index (χ1n) is 20.9. The minimum atomic E-state index is -4.58. The Morgan fingerprint density at radius 1 is 0.620 bits per heavy atom. The molecule has 0 radical (unpaired) electrons. The molecule has 2 atom stereocenters. The molecule has 8 nitrogen and oxygen atoms in total. The second-order valence-corrected chi connectivity index (χ2v) is 15.4. The lowest BCUT2D eigenvalue weighted by Crippen LogP contribution is -2.28. The highest BCUT2D eigenvalue weighted by molar-refractivity contribution is 7.45. The Kier molecular flexibility index (Phi) is 38.1. The third kappa shape index (κ3) is 39.6. The van der Waals surface area contributed by atoms with Crippen LogP contribution in [0.25, 0.3) is 0 Å². The first-order valence-corrected chi connectivity index (χ1v) is 22.3. The summed E-state index contributed by atoms with van der Waals surface area (Å²) >= 11 is 0. The summed E-state index contributed by atoms with van der Waals surface area (Å²) in [7, 11) is -4.58. The van der Waals surface area contributed by atoms with Crippen LogP contribution in [0.4, 0.5) is 0 Å². The van der Waals surface area contributed by atoms with E-state index in [4.69, 9.17) is 13.8 Å². The zero-order valence-electron chi connectivity index (χ0n) is 32.6. The predicted octanol–water partition coefficient (Wildman–Crippen LogP) is 11.4. The van der Waals surface area contributed by atoms with Gasteiger partial charge in [0.2, 0.25) is 5.91 Å². The number of phosphoric acid groups is 1. The third-order valence-electron chi connectivity index (χ3n) is 8.97. The largest absolute Gasteiger partial charge is 0.756 e. The average molecular weight is 729 g/mol. The number of rotatable bonds is 40. The van der Waals surface area contributed by atoms with E-state index in [0.29, 0.717) is 6.42 Å². The van der Waals surface area contributed by atoms with E-state index >= 15 is 0 Å². The van der Waals surface area contributed by atoms with Gasteiger partial charge < -0.3 is 29.1 Å². The van der Waals surface area contributed by atoms with Crippen molar-refractivity contribution in [3.63, 3.8) is 0 Å². The molecule has 0 fully saturated rings. The van der Waals surface area contributed by atoms with Gasteiger partial charge in [-0.25, -0.2) is 0 Å². The van der Waals surface area contributed by atoms with E-state index in [1.54, 1.807) is 6.26 Å². The van der Waals surface area contributed by atoms with Crippen LogP contribution in [0.1, 0.15) is 200 Å². The number of carbonyl (C=O) groups excluding carboxylic acids is 1. The number of ether oxygens (including phenoxy) is 1. The van der Waals surface area contributed by atoms with Crippen molar-refractivity contribution in [3.8, 4) is 0 Å². The predicted molar refractivity (Wildman–Crippen MR) is 208 cm³/mol. The lowest BCUT2D eigenvalue weighted by Gasteiger charge is -2.24. The summed E-state index contributed by atoms with van der Waals surface area (Å²) in [4.78, 5) is 24.0. The number of phosphoric ester groups is 1. The summed E-state index contributed by atoms with van der Waals surface area (Å²) in [6.07, 6.45) is 42.7. The number of amides is 1. The molecular weight excluding hydrogens is 649 g/mol. The Bertz CT molecular complexity index is 823. The van der Waals surface area contributed by atoms with Gasteiger partial charge in [0.05, 0.1) is 19.5 Å². The lowest BCUT2D eigenvalue weighted by molar-refractivity contribution is -0.227. The van der Waals surface area contributed by atoms with Gasteiger partial charge >= 0.3 is 0 Å². The molecule has 0 bridgehead atoms. The van der Waals surface area contributed by atoms with Crippen LogP contribution in [0.2, 0.25) is 0 Å². The highest BCUT2D eigenvalue weighted by atomic mass is 31.2. The van der Waals surface area contributed by atoms with Crippen LogP contribution < -0.4 is 10.2 Å². The van der Waals surface area contributed by atoms with Crippen molar-refractivity contribution >= 4 is 13.7 Å². The second-order valence-electron chi connectivity index (χ2n) is 14.0. The molecule has 1 unspecified atom stereocenters. The van der Waals surface area contributed by atoms with E-state index in [1.165, 1.54) is 141 Å². The Morgan fingerprint density at radius 3 is 1.52 bits per heavy atom. The first-order chi connectivity index (χ1) is 24.4. The number of aliphatic hydroxyl groups excluding tert-OH is 1. The SMILES string of the molecule is CCCCCCCC/C=C\CCCCCCCC(=O)NCCOP(=O)([O-])OC[C@H](O)CO/C=C\CCCCCCCCCCCCCCCC. The van der Waals surface area contributed by atoms with E-state index in [2.05, 4.69) is 31.3 Å². The molecule has 0 aliphatic heterocycles. The Labute approximate surface area is 308 Å². The van der Waals surface area contributed by atoms with Crippen molar-refractivity contribution in [2.24, 2.45) is 0 Å². The van der Waals surface area contributed by atoms with Gasteiger partial charge in [-0.1, -0.05) is 161 Å². The lowest BCUT2D eigenvalue weighted by atomic mass is 10.0. The summed E-state index contributed by atoms with van der Waals surface area (Å²) in [5.74, 6) is -0.113. The molecule has 0 aliphatic rings. The van der Waals surface area contributed by atoms with Gasteiger partial charge in [0.1, 0.15) is 12.7 Å². The Hall–Kier alpha value is -1.18. The van der Waals surface area contributed by atoms with Gasteiger partial charge in [-0.05, 0) is 51.0 Å². The average Bonchev–Trinajstić information content (AvgIpc) is 3.10. The van der Waals surface area contributed by atoms with Crippen molar-refractivity contribution in [2.75, 3.05) is 26.4 Å². The maximum Gasteiger partial charge on any atom is 0.268 e. The Morgan fingerprint density at radius 2 is 1.04 bits per heavy atom. The van der Waals surface area contributed by atoms with Crippen molar-refractivity contribution in [3.05, 3.63) is 24.5 Å². The fourth-order valence-corrected chi connectivity index (χ4v) is 6.56. The number of aliphatic hydroxyl groups is 1. The quantitative estimate of drug-likeness (QED) is 0.0279. The summed E-state index contributed by atoms with van der Waals surface area (Å²) in [6.45, 7) is 3.86. The van der Waals surface area contributed by atoms with Crippen LogP contribution in [0.5, 0.6) is 0 Å². The molecule has 296 valence electrons. The summed E-state index contributed by atoms with van der Waals surface area (Å²) in [6, 6.07) is 0. The zero-order chi connectivity index (χ0) is 36.6. The van der Waals surface area contributed by atoms with Crippen molar-refractivity contribution < 1.29 is 33.1 Å². The van der Waals surface area contributed by atoms with Crippen molar-refractivity contribution in [2.45, 2.75) is 206 Å². The molecule has 0 aliphatic carbocycles. The molecule has 50 heavy (non-hydrogen) atoms. The molecule has 9 heteroatoms. The summed E-state index contributed by atoms with van der Waals surface area (Å²) in [5, 5.41) is 12.6. The van der Waals surface area contributed by atoms with E-state index in [-0.39, 0.29) is 25.7 Å². The number of nitrogens with one attached hydrogen (secondary N) is 1. The standard InChI is InChI=1S/C41H80NO7P/c1-3-5-7-9-11-13-15-17-19-21-23-25-27-29-31-33-36-47-38-40(43)39-49-50(45,46)48-37-35-42-41(44)34-32-30-28-26-24-22-20-18-16-14-12-10-8-6-4-2/h18,20,33,36,40,43H,3-17,19,21-32,34-35,37-39H2,1-2H3,(H,42,44)(H,45,46)/p-1/b20-18-,36-33-/t40-/m1/s1. The number of allylic oxidation sites excluding steroid dienone is 3. The minimum absolute atomic E-state index is 0.0678. The van der Waals surface area contributed by atoms with Crippen LogP contribution in [0.3, 0.4) is 0 Å². The van der Waals surface area contributed by atoms with Crippen LogP contribution in [-0.4, -0.2) is 43.5 Å². The maximum atomic E-state index is 12.0. The van der Waals surface area contributed by atoms with Crippen molar-refractivity contribution in [1.82, 2.24) is 5.32 Å². The topological polar surface area (TPSA) is 117 Å². The molecular formula is C41H79NO7P-. The van der Waals surface area contributed by atoms with Gasteiger partial charge in [0.25, 0.3) is 7.82 Å². The van der Waals surface area contributed by atoms with Gasteiger partial charge in [0.15, 0.2) is 0 Å². The van der Waals surface area contributed by atoms with E-state index in [0.717, 1.165) is 38.5 Å². The molecule has 0 heterocycles. The fourth-order valence-electron chi connectivity index (χ4n) is 5.81. The smallest absolute Gasteiger partial charge is 0.268 e. The Balaban J connectivity index is 3.54. The maximum absolute atomic E-state index is 12.0. The van der Waals surface area contributed by atoms with Crippen molar-refractivity contribution in [1.29, 1.82) is 0 Å². The third-order valence-corrected chi connectivity index (χ3v) is 9.93. The van der Waals surface area contributed by atoms with Crippen LogP contribution >= 0.6 is 7.82 Å². The summed E-state index contributed by atoms with van der Waals surface area (Å²) < 4.78 is 26.8. The number of unbranched alkanes of at least 4 members (excludes halogenated alkanes) is 25. The molecule has 0 rings (SSSR count). The van der Waals surface area contributed by atoms with E-state index in [9.17, 15) is 19.4 Å². The minimum Gasteiger partial charge on any atom is -0.756 e. The molecule has 0 aromatic rings. The number of hydrogen-bond acceptors (Lipinski definition) is 7. The van der Waals surface area contributed by atoms with Gasteiger partial charge in [-0.2, -0.15) is 0 Å². The first kappa shape index (κ1) is 48.8. The normalized spacial score (nSPS) is 13.7. The van der Waals surface area contributed by atoms with Gasteiger partial charge in [-0.3, -0.25) is 9.36 Å². The fraction of sp³-hybridized carbons (Fsp3) is 0.878. The second kappa shape index (κ2) is 39.0. The van der Waals surface area contributed by atoms with Crippen LogP contribution in [0.15, 0.2) is 24.5 Å². The number of hydrogen-bond donors (Lipinski definition) is 2. The molecule has 0 saturated heterocycles. The number of carbonyl (C=O) groups is 1. The van der Waals surface area contributed by atoms with Gasteiger partial charge in [0, 0.05) is 13.0 Å². The van der Waals surface area contributed by atoms with E-state index in [1.807, 2.05) is 6.08 Å². The molecule has 1 amide bonds.